The van der Waals surface area contributed by atoms with E-state index in [1.54, 1.807) is 7.11 Å². The van der Waals surface area contributed by atoms with Gasteiger partial charge >= 0.3 is 0 Å². The van der Waals surface area contributed by atoms with Crippen LogP contribution in [0.5, 0.6) is 5.75 Å². The van der Waals surface area contributed by atoms with Crippen LogP contribution in [-0.4, -0.2) is 26.4 Å². The standard InChI is InChI=1S/C17H29NO2/c1-4-5-6-7-9-15(2)18-16-10-8-11-17(14-16)20-13-12-19-3/h8,10-11,14-15,18H,4-7,9,12-13H2,1-3H3. The maximum Gasteiger partial charge on any atom is 0.121 e. The van der Waals surface area contributed by atoms with Crippen LogP contribution in [0, 0.1) is 0 Å². The summed E-state index contributed by atoms with van der Waals surface area (Å²) < 4.78 is 10.6. The van der Waals surface area contributed by atoms with E-state index in [-0.39, 0.29) is 0 Å². The van der Waals surface area contributed by atoms with Gasteiger partial charge in [0.05, 0.1) is 6.61 Å². The summed E-state index contributed by atoms with van der Waals surface area (Å²) in [4.78, 5) is 0. The zero-order valence-electron chi connectivity index (χ0n) is 13.2. The van der Waals surface area contributed by atoms with Crippen LogP contribution in [0.15, 0.2) is 24.3 Å². The third-order valence-corrected chi connectivity index (χ3v) is 3.29. The minimum Gasteiger partial charge on any atom is -0.491 e. The highest BCUT2D eigenvalue weighted by molar-refractivity contribution is 5.48. The summed E-state index contributed by atoms with van der Waals surface area (Å²) in [5, 5.41) is 3.54. The Balaban J connectivity index is 2.33. The van der Waals surface area contributed by atoms with Crippen LogP contribution in [0.1, 0.15) is 46.0 Å². The van der Waals surface area contributed by atoms with E-state index in [0.717, 1.165) is 11.4 Å². The maximum atomic E-state index is 5.62. The molecule has 0 saturated heterocycles. The van der Waals surface area contributed by atoms with Crippen molar-refractivity contribution in [2.45, 2.75) is 52.0 Å². The monoisotopic (exact) mass is 279 g/mol. The Bertz CT molecular complexity index is 355. The number of rotatable bonds is 11. The molecule has 0 heterocycles. The average Bonchev–Trinajstić information content (AvgIpc) is 2.44. The van der Waals surface area contributed by atoms with Crippen molar-refractivity contribution in [3.8, 4) is 5.75 Å². The lowest BCUT2D eigenvalue weighted by Crippen LogP contribution is -2.15. The first kappa shape index (κ1) is 16.8. The van der Waals surface area contributed by atoms with Gasteiger partial charge in [0.2, 0.25) is 0 Å². The molecule has 1 rings (SSSR count). The Morgan fingerprint density at radius 1 is 1.15 bits per heavy atom. The molecule has 3 nitrogen and oxygen atoms in total. The first-order valence-corrected chi connectivity index (χ1v) is 7.74. The molecule has 0 aliphatic rings. The molecule has 0 fully saturated rings. The van der Waals surface area contributed by atoms with E-state index in [4.69, 9.17) is 9.47 Å². The second-order valence-electron chi connectivity index (χ2n) is 5.26. The van der Waals surface area contributed by atoms with E-state index in [0.29, 0.717) is 19.3 Å². The predicted molar refractivity (Wildman–Crippen MR) is 85.7 cm³/mol. The van der Waals surface area contributed by atoms with Crippen LogP contribution >= 0.6 is 0 Å². The number of hydrogen-bond acceptors (Lipinski definition) is 3. The topological polar surface area (TPSA) is 30.5 Å². The molecule has 1 aromatic rings. The van der Waals surface area contributed by atoms with E-state index < -0.39 is 0 Å². The summed E-state index contributed by atoms with van der Waals surface area (Å²) in [6, 6.07) is 8.64. The molecular weight excluding hydrogens is 250 g/mol. The molecule has 1 atom stereocenters. The zero-order chi connectivity index (χ0) is 14.6. The van der Waals surface area contributed by atoms with Gasteiger partial charge < -0.3 is 14.8 Å². The molecule has 0 spiro atoms. The predicted octanol–water partition coefficient (Wildman–Crippen LogP) is 4.48. The van der Waals surface area contributed by atoms with Crippen molar-refractivity contribution in [1.29, 1.82) is 0 Å². The number of anilines is 1. The Labute approximate surface area is 123 Å². The van der Waals surface area contributed by atoms with Crippen LogP contribution in [0.2, 0.25) is 0 Å². The highest BCUT2D eigenvalue weighted by atomic mass is 16.5. The minimum absolute atomic E-state index is 0.501. The van der Waals surface area contributed by atoms with Crippen molar-refractivity contribution in [2.75, 3.05) is 25.6 Å². The number of hydrogen-bond donors (Lipinski definition) is 1. The molecule has 0 amide bonds. The summed E-state index contributed by atoms with van der Waals surface area (Å²) in [6.07, 6.45) is 6.49. The Kier molecular flexibility index (Phi) is 8.88. The lowest BCUT2D eigenvalue weighted by molar-refractivity contribution is 0.146. The van der Waals surface area contributed by atoms with Gasteiger partial charge in [-0.1, -0.05) is 38.7 Å². The van der Waals surface area contributed by atoms with Gasteiger partial charge in [-0.05, 0) is 25.5 Å². The van der Waals surface area contributed by atoms with Gasteiger partial charge in [-0.3, -0.25) is 0 Å². The molecule has 0 saturated carbocycles. The second-order valence-corrected chi connectivity index (χ2v) is 5.26. The number of methoxy groups -OCH3 is 1. The molecule has 0 aliphatic heterocycles. The van der Waals surface area contributed by atoms with Gasteiger partial charge in [-0.25, -0.2) is 0 Å². The fourth-order valence-corrected chi connectivity index (χ4v) is 2.15. The zero-order valence-corrected chi connectivity index (χ0v) is 13.2. The quantitative estimate of drug-likeness (QED) is 0.606. The molecule has 1 aromatic carbocycles. The summed E-state index contributed by atoms with van der Waals surface area (Å²) >= 11 is 0. The summed E-state index contributed by atoms with van der Waals surface area (Å²) in [7, 11) is 1.68. The van der Waals surface area contributed by atoms with Crippen molar-refractivity contribution in [3.63, 3.8) is 0 Å². The summed E-state index contributed by atoms with van der Waals surface area (Å²) in [6.45, 7) is 5.69. The minimum atomic E-state index is 0.501. The second kappa shape index (κ2) is 10.6. The molecule has 20 heavy (non-hydrogen) atoms. The lowest BCUT2D eigenvalue weighted by atomic mass is 10.1. The molecule has 3 heteroatoms. The number of ether oxygens (including phenoxy) is 2. The van der Waals surface area contributed by atoms with Crippen molar-refractivity contribution >= 4 is 5.69 Å². The average molecular weight is 279 g/mol. The van der Waals surface area contributed by atoms with E-state index >= 15 is 0 Å². The molecular formula is C17H29NO2. The molecule has 0 aliphatic carbocycles. The van der Waals surface area contributed by atoms with Gasteiger partial charge in [0, 0.05) is 24.9 Å². The summed E-state index contributed by atoms with van der Waals surface area (Å²) in [5.41, 5.74) is 1.13. The third kappa shape index (κ3) is 7.39. The number of nitrogens with one attached hydrogen (secondary N) is 1. The van der Waals surface area contributed by atoms with Crippen LogP contribution < -0.4 is 10.1 Å². The number of benzene rings is 1. The summed E-state index contributed by atoms with van der Waals surface area (Å²) in [5.74, 6) is 0.894. The molecule has 0 bridgehead atoms. The Morgan fingerprint density at radius 3 is 2.75 bits per heavy atom. The highest BCUT2D eigenvalue weighted by Gasteiger charge is 2.03. The van der Waals surface area contributed by atoms with E-state index in [2.05, 4.69) is 31.3 Å². The number of unbranched alkanes of at least 4 members (excludes halogenated alkanes) is 3. The molecule has 0 aromatic heterocycles. The van der Waals surface area contributed by atoms with Crippen LogP contribution in [-0.2, 0) is 4.74 Å². The molecule has 1 unspecified atom stereocenters. The SMILES string of the molecule is CCCCCCC(C)Nc1cccc(OCCOC)c1. The van der Waals surface area contributed by atoms with E-state index in [1.165, 1.54) is 32.1 Å². The van der Waals surface area contributed by atoms with Gasteiger partial charge in [-0.2, -0.15) is 0 Å². The molecule has 0 radical (unpaired) electrons. The largest absolute Gasteiger partial charge is 0.491 e. The van der Waals surface area contributed by atoms with Gasteiger partial charge in [0.1, 0.15) is 12.4 Å². The van der Waals surface area contributed by atoms with Gasteiger partial charge in [-0.15, -0.1) is 0 Å². The van der Waals surface area contributed by atoms with Gasteiger partial charge in [0.25, 0.3) is 0 Å². The van der Waals surface area contributed by atoms with E-state index in [1.807, 2.05) is 12.1 Å². The van der Waals surface area contributed by atoms with Crippen LogP contribution in [0.3, 0.4) is 0 Å². The fraction of sp³-hybridized carbons (Fsp3) is 0.647. The van der Waals surface area contributed by atoms with Gasteiger partial charge in [0.15, 0.2) is 0 Å². The normalized spacial score (nSPS) is 12.2. The first-order valence-electron chi connectivity index (χ1n) is 7.74. The van der Waals surface area contributed by atoms with Crippen LogP contribution in [0.25, 0.3) is 0 Å². The fourth-order valence-electron chi connectivity index (χ4n) is 2.15. The van der Waals surface area contributed by atoms with Crippen molar-refractivity contribution in [3.05, 3.63) is 24.3 Å². The molecule has 1 N–H and O–H groups in total. The maximum absolute atomic E-state index is 5.62. The third-order valence-electron chi connectivity index (χ3n) is 3.29. The van der Waals surface area contributed by atoms with E-state index in [9.17, 15) is 0 Å². The lowest BCUT2D eigenvalue weighted by Gasteiger charge is -2.16. The van der Waals surface area contributed by atoms with Crippen molar-refractivity contribution in [2.24, 2.45) is 0 Å². The van der Waals surface area contributed by atoms with Crippen LogP contribution in [0.4, 0.5) is 5.69 Å². The van der Waals surface area contributed by atoms with Crippen molar-refractivity contribution < 1.29 is 9.47 Å². The Hall–Kier alpha value is -1.22. The highest BCUT2D eigenvalue weighted by Crippen LogP contribution is 2.19. The first-order chi connectivity index (χ1) is 9.76. The smallest absolute Gasteiger partial charge is 0.121 e. The Morgan fingerprint density at radius 2 is 2.00 bits per heavy atom. The van der Waals surface area contributed by atoms with Crippen molar-refractivity contribution in [1.82, 2.24) is 0 Å². The molecule has 114 valence electrons.